The topological polar surface area (TPSA) is 113 Å². The fourth-order valence-corrected chi connectivity index (χ4v) is 3.67. The Kier molecular flexibility index (Phi) is 5.64. The molecule has 30 heavy (non-hydrogen) atoms. The van der Waals surface area contributed by atoms with Crippen molar-refractivity contribution in [3.05, 3.63) is 36.1 Å². The molecule has 1 aliphatic heterocycles. The van der Waals surface area contributed by atoms with E-state index in [1.165, 1.54) is 11.9 Å². The normalized spacial score (nSPS) is 17.3. The van der Waals surface area contributed by atoms with Gasteiger partial charge in [-0.1, -0.05) is 25.9 Å². The van der Waals surface area contributed by atoms with Gasteiger partial charge in [-0.3, -0.25) is 18.8 Å². The summed E-state index contributed by atoms with van der Waals surface area (Å²) in [7, 11) is -1.94. The predicted octanol–water partition coefficient (Wildman–Crippen LogP) is 2.50. The van der Waals surface area contributed by atoms with Crippen LogP contribution in [0.5, 0.6) is 0 Å². The van der Waals surface area contributed by atoms with Gasteiger partial charge in [0, 0.05) is 30.6 Å². The standard InChI is InChI=1S/C20H26N4O5S/c1-20(2,3)16-12-17(22-29-16)21-19(26)15-10-11-18(25)24(15)14-8-6-13(7-9-14)23(4)30(5,27)28/h6-9,12,15H,10-11H2,1-5H3,(H,21,22,26)/t15-/m0/s1. The minimum atomic E-state index is -3.39. The number of carbonyl (C=O) groups is 2. The monoisotopic (exact) mass is 434 g/mol. The van der Waals surface area contributed by atoms with Crippen LogP contribution in [0.2, 0.25) is 0 Å². The second-order valence-electron chi connectivity index (χ2n) is 8.38. The lowest BCUT2D eigenvalue weighted by Crippen LogP contribution is -2.41. The molecule has 0 bridgehead atoms. The van der Waals surface area contributed by atoms with Crippen molar-refractivity contribution in [2.75, 3.05) is 27.8 Å². The summed E-state index contributed by atoms with van der Waals surface area (Å²) < 4.78 is 29.8. The first kappa shape index (κ1) is 21.8. The van der Waals surface area contributed by atoms with E-state index >= 15 is 0 Å². The van der Waals surface area contributed by atoms with Crippen LogP contribution in [0.15, 0.2) is 34.9 Å². The van der Waals surface area contributed by atoms with Crippen molar-refractivity contribution < 1.29 is 22.5 Å². The number of aromatic nitrogens is 1. The van der Waals surface area contributed by atoms with Crippen molar-refractivity contribution in [3.8, 4) is 0 Å². The highest BCUT2D eigenvalue weighted by Crippen LogP contribution is 2.30. The first-order chi connectivity index (χ1) is 13.9. The van der Waals surface area contributed by atoms with Crippen LogP contribution >= 0.6 is 0 Å². The molecule has 0 unspecified atom stereocenters. The maximum atomic E-state index is 12.8. The van der Waals surface area contributed by atoms with Gasteiger partial charge in [0.2, 0.25) is 21.8 Å². The Balaban J connectivity index is 1.78. The third-order valence-corrected chi connectivity index (χ3v) is 6.21. The van der Waals surface area contributed by atoms with Gasteiger partial charge < -0.3 is 9.84 Å². The highest BCUT2D eigenvalue weighted by Gasteiger charge is 2.37. The number of sulfonamides is 1. The molecule has 0 spiro atoms. The molecule has 10 heteroatoms. The smallest absolute Gasteiger partial charge is 0.248 e. The molecule has 1 aromatic carbocycles. The number of amides is 2. The van der Waals surface area contributed by atoms with Crippen LogP contribution in [-0.4, -0.2) is 44.7 Å². The molecule has 1 N–H and O–H groups in total. The minimum absolute atomic E-state index is 0.171. The lowest BCUT2D eigenvalue weighted by molar-refractivity contribution is -0.120. The van der Waals surface area contributed by atoms with Gasteiger partial charge in [-0.2, -0.15) is 0 Å². The summed E-state index contributed by atoms with van der Waals surface area (Å²) >= 11 is 0. The fraction of sp³-hybridized carbons (Fsp3) is 0.450. The molecular weight excluding hydrogens is 408 g/mol. The number of anilines is 3. The van der Waals surface area contributed by atoms with Crippen molar-refractivity contribution in [1.29, 1.82) is 0 Å². The van der Waals surface area contributed by atoms with Crippen LogP contribution in [0.1, 0.15) is 39.4 Å². The lowest BCUT2D eigenvalue weighted by atomic mass is 9.93. The minimum Gasteiger partial charge on any atom is -0.359 e. The molecule has 1 saturated heterocycles. The Morgan fingerprint density at radius 2 is 1.90 bits per heavy atom. The van der Waals surface area contributed by atoms with Gasteiger partial charge in [-0.15, -0.1) is 0 Å². The summed E-state index contributed by atoms with van der Waals surface area (Å²) in [5.74, 6) is 0.416. The van der Waals surface area contributed by atoms with Gasteiger partial charge in [0.25, 0.3) is 0 Å². The molecule has 9 nitrogen and oxygen atoms in total. The van der Waals surface area contributed by atoms with E-state index in [1.807, 2.05) is 20.8 Å². The van der Waals surface area contributed by atoms with Crippen LogP contribution in [0.3, 0.4) is 0 Å². The van der Waals surface area contributed by atoms with Crippen molar-refractivity contribution in [2.24, 2.45) is 0 Å². The van der Waals surface area contributed by atoms with E-state index in [9.17, 15) is 18.0 Å². The summed E-state index contributed by atoms with van der Waals surface area (Å²) in [4.78, 5) is 26.7. The SMILES string of the molecule is CN(c1ccc(N2C(=O)CC[C@H]2C(=O)Nc2cc(C(C)(C)C)on2)cc1)S(C)(=O)=O. The molecule has 0 aliphatic carbocycles. The molecule has 0 saturated carbocycles. The summed E-state index contributed by atoms with van der Waals surface area (Å²) in [5, 5.41) is 6.61. The van der Waals surface area contributed by atoms with E-state index in [1.54, 1.807) is 30.3 Å². The molecule has 162 valence electrons. The van der Waals surface area contributed by atoms with E-state index in [0.717, 1.165) is 10.6 Å². The molecule has 1 aliphatic rings. The maximum Gasteiger partial charge on any atom is 0.248 e. The molecule has 2 amide bonds. The molecule has 0 radical (unpaired) electrons. The van der Waals surface area contributed by atoms with Crippen molar-refractivity contribution in [3.63, 3.8) is 0 Å². The molecule has 1 aromatic heterocycles. The second kappa shape index (κ2) is 7.75. The molecular formula is C20H26N4O5S. The summed E-state index contributed by atoms with van der Waals surface area (Å²) in [6.45, 7) is 5.92. The summed E-state index contributed by atoms with van der Waals surface area (Å²) in [6.07, 6.45) is 1.73. The van der Waals surface area contributed by atoms with Crippen LogP contribution < -0.4 is 14.5 Å². The number of nitrogens with one attached hydrogen (secondary N) is 1. The first-order valence-electron chi connectivity index (χ1n) is 9.52. The number of hydrogen-bond donors (Lipinski definition) is 1. The number of carbonyl (C=O) groups excluding carboxylic acids is 2. The van der Waals surface area contributed by atoms with E-state index < -0.39 is 16.1 Å². The molecule has 2 heterocycles. The van der Waals surface area contributed by atoms with Crippen LogP contribution in [-0.2, 0) is 25.0 Å². The zero-order valence-corrected chi connectivity index (χ0v) is 18.5. The second-order valence-corrected chi connectivity index (χ2v) is 10.4. The Morgan fingerprint density at radius 3 is 2.43 bits per heavy atom. The molecule has 3 rings (SSSR count). The van der Waals surface area contributed by atoms with Crippen LogP contribution in [0.25, 0.3) is 0 Å². The average molecular weight is 435 g/mol. The van der Waals surface area contributed by atoms with E-state index in [2.05, 4.69) is 10.5 Å². The first-order valence-corrected chi connectivity index (χ1v) is 11.4. The highest BCUT2D eigenvalue weighted by atomic mass is 32.2. The quantitative estimate of drug-likeness (QED) is 0.774. The third kappa shape index (κ3) is 4.48. The van der Waals surface area contributed by atoms with Gasteiger partial charge in [-0.05, 0) is 30.7 Å². The molecule has 1 fully saturated rings. The number of hydrogen-bond acceptors (Lipinski definition) is 6. The van der Waals surface area contributed by atoms with Gasteiger partial charge in [0.15, 0.2) is 5.82 Å². The largest absolute Gasteiger partial charge is 0.359 e. The van der Waals surface area contributed by atoms with Crippen LogP contribution in [0.4, 0.5) is 17.2 Å². The zero-order chi connectivity index (χ0) is 22.3. The van der Waals surface area contributed by atoms with Gasteiger partial charge in [-0.25, -0.2) is 8.42 Å². The molecule has 2 aromatic rings. The van der Waals surface area contributed by atoms with Crippen LogP contribution in [0, 0.1) is 0 Å². The third-order valence-electron chi connectivity index (χ3n) is 5.00. The highest BCUT2D eigenvalue weighted by molar-refractivity contribution is 7.92. The predicted molar refractivity (Wildman–Crippen MR) is 114 cm³/mol. The van der Waals surface area contributed by atoms with Gasteiger partial charge >= 0.3 is 0 Å². The van der Waals surface area contributed by atoms with E-state index in [4.69, 9.17) is 4.52 Å². The Labute approximate surface area is 176 Å². The lowest BCUT2D eigenvalue weighted by Gasteiger charge is -2.24. The Morgan fingerprint density at radius 1 is 1.27 bits per heavy atom. The Bertz CT molecular complexity index is 1050. The zero-order valence-electron chi connectivity index (χ0n) is 17.7. The number of rotatable bonds is 5. The van der Waals surface area contributed by atoms with Crippen molar-refractivity contribution in [2.45, 2.75) is 45.1 Å². The fourth-order valence-electron chi connectivity index (χ4n) is 3.17. The van der Waals surface area contributed by atoms with Gasteiger partial charge in [0.1, 0.15) is 11.8 Å². The number of benzene rings is 1. The average Bonchev–Trinajstić information content (AvgIpc) is 3.27. The van der Waals surface area contributed by atoms with Crippen molar-refractivity contribution in [1.82, 2.24) is 5.16 Å². The van der Waals surface area contributed by atoms with Gasteiger partial charge in [0.05, 0.1) is 11.9 Å². The van der Waals surface area contributed by atoms with E-state index in [-0.39, 0.29) is 23.7 Å². The van der Waals surface area contributed by atoms with E-state index in [0.29, 0.717) is 29.4 Å². The summed E-state index contributed by atoms with van der Waals surface area (Å²) in [5.41, 5.74) is 0.747. The number of nitrogens with zero attached hydrogens (tertiary/aromatic N) is 3. The van der Waals surface area contributed by atoms with Crippen molar-refractivity contribution >= 4 is 39.0 Å². The summed E-state index contributed by atoms with van der Waals surface area (Å²) in [6, 6.07) is 7.46. The molecule has 1 atom stereocenters. The Hall–Kier alpha value is -2.88. The maximum absolute atomic E-state index is 12.8.